The summed E-state index contributed by atoms with van der Waals surface area (Å²) in [6.07, 6.45) is 60.6. The molecule has 0 bridgehead atoms. The Balaban J connectivity index is 5.31. The summed E-state index contributed by atoms with van der Waals surface area (Å²) in [4.78, 5) is 67.1. The Bertz CT molecular complexity index is 1960. The highest BCUT2D eigenvalue weighted by Crippen LogP contribution is 2.21. The van der Waals surface area contributed by atoms with Crippen LogP contribution in [0, 0.1) is 0 Å². The molecular formula is C83H157N3O16. The SMILES string of the molecule is CCCCCCCC/C=C\CCCCCCCCOCC(OCCCCCCCC/C=C\CCCCCCCC)C(CCCCCCCCCCCCCCCC)OC(=O)NCCOCCOCCOCCOC(=O)CN(CCOC(=O)CN(CCOC)C(=O)OC(C)(C)C)C(=O)OC(C)(C)C. The van der Waals surface area contributed by atoms with Crippen LogP contribution in [-0.2, 0) is 61.7 Å². The first kappa shape index (κ1) is 98.0. The second kappa shape index (κ2) is 72.5. The summed E-state index contributed by atoms with van der Waals surface area (Å²) >= 11 is 0. The molecule has 2 unspecified atom stereocenters. The standard InChI is InChI=1S/C83H157N3O16/c1-11-14-17-20-23-26-29-32-35-37-40-43-46-49-52-55-61-96-74-76(97-62-56-53-50-47-44-41-38-36-33-30-27-24-21-18-15-12-2)75(57-54-51-48-45-42-39-34-31-28-25-22-19-16-13-3)100-79(89)84-58-63-93-66-67-94-68-69-95-70-71-99-78(88)73-86(81(91)102-83(7,8)9)60-65-98-77(87)72-85(59-64-92-10)80(90)101-82(4,5)6/h32-33,35-36,75-76H,11-31,34,37-74H2,1-10H3,(H,84,89)/b35-32-,36-33-. The topological polar surface area (TPSA) is 205 Å². The van der Waals surface area contributed by atoms with Crippen molar-refractivity contribution in [3.63, 3.8) is 0 Å². The molecule has 0 aromatic rings. The zero-order valence-electron chi connectivity index (χ0n) is 67.3. The maximum Gasteiger partial charge on any atom is 0.410 e. The molecule has 19 nitrogen and oxygen atoms in total. The Hall–Kier alpha value is -4.01. The Morgan fingerprint density at radius 1 is 0.363 bits per heavy atom. The summed E-state index contributed by atoms with van der Waals surface area (Å²) in [7, 11) is 1.48. The summed E-state index contributed by atoms with van der Waals surface area (Å²) in [5, 5.41) is 2.92. The van der Waals surface area contributed by atoms with Gasteiger partial charge in [0, 0.05) is 33.4 Å². The number of carbonyl (C=O) groups excluding carboxylic acids is 5. The molecule has 0 heterocycles. The smallest absolute Gasteiger partial charge is 0.410 e. The van der Waals surface area contributed by atoms with Crippen molar-refractivity contribution in [1.82, 2.24) is 15.1 Å². The molecule has 2 atom stereocenters. The Morgan fingerprint density at radius 2 is 0.706 bits per heavy atom. The third-order valence-corrected chi connectivity index (χ3v) is 17.5. The van der Waals surface area contributed by atoms with Crippen molar-refractivity contribution >= 4 is 30.2 Å². The third kappa shape index (κ3) is 70.3. The summed E-state index contributed by atoms with van der Waals surface area (Å²) in [6.45, 7) is 19.4. The lowest BCUT2D eigenvalue weighted by Crippen LogP contribution is -2.43. The lowest BCUT2D eigenvalue weighted by atomic mass is 10.0. The number of alkyl carbamates (subject to hydrolysis) is 1. The number of nitrogens with zero attached hydrogens (tertiary/aromatic N) is 2. The van der Waals surface area contributed by atoms with Crippen LogP contribution < -0.4 is 5.32 Å². The number of rotatable bonds is 74. The highest BCUT2D eigenvalue weighted by Gasteiger charge is 2.29. The fraction of sp³-hybridized carbons (Fsp3) is 0.892. The van der Waals surface area contributed by atoms with Crippen molar-refractivity contribution in [2.24, 2.45) is 0 Å². The molecule has 600 valence electrons. The Kier molecular flexibility index (Phi) is 69.7. The van der Waals surface area contributed by atoms with Crippen LogP contribution in [0.5, 0.6) is 0 Å². The largest absolute Gasteiger partial charge is 0.462 e. The van der Waals surface area contributed by atoms with E-state index in [1.54, 1.807) is 41.5 Å². The lowest BCUT2D eigenvalue weighted by molar-refractivity contribution is -0.147. The van der Waals surface area contributed by atoms with Crippen molar-refractivity contribution in [1.29, 1.82) is 0 Å². The van der Waals surface area contributed by atoms with Crippen LogP contribution in [0.3, 0.4) is 0 Å². The first-order chi connectivity index (χ1) is 49.5. The van der Waals surface area contributed by atoms with E-state index in [4.69, 9.17) is 52.1 Å². The number of hydrogen-bond acceptors (Lipinski definition) is 16. The van der Waals surface area contributed by atoms with Gasteiger partial charge in [0.15, 0.2) is 0 Å². The molecule has 0 rings (SSSR count). The molecule has 1 N–H and O–H groups in total. The molecule has 0 aliphatic heterocycles. The molecule has 0 radical (unpaired) electrons. The minimum Gasteiger partial charge on any atom is -0.462 e. The van der Waals surface area contributed by atoms with Crippen molar-refractivity contribution in [2.75, 3.05) is 119 Å². The minimum absolute atomic E-state index is 0.0748. The second-order valence-electron chi connectivity index (χ2n) is 29.7. The van der Waals surface area contributed by atoms with Crippen LogP contribution in [0.25, 0.3) is 0 Å². The lowest BCUT2D eigenvalue weighted by Gasteiger charge is -2.27. The number of hydrogen-bond donors (Lipinski definition) is 1. The van der Waals surface area contributed by atoms with E-state index >= 15 is 0 Å². The van der Waals surface area contributed by atoms with Crippen molar-refractivity contribution in [3.8, 4) is 0 Å². The molecule has 0 aromatic carbocycles. The zero-order chi connectivity index (χ0) is 74.9. The van der Waals surface area contributed by atoms with Gasteiger partial charge >= 0.3 is 30.2 Å². The zero-order valence-corrected chi connectivity index (χ0v) is 67.3. The van der Waals surface area contributed by atoms with Gasteiger partial charge in [-0.1, -0.05) is 244 Å². The summed E-state index contributed by atoms with van der Waals surface area (Å²) in [6, 6.07) is 0. The van der Waals surface area contributed by atoms with Gasteiger partial charge in [-0.3, -0.25) is 19.4 Å². The van der Waals surface area contributed by atoms with Crippen LogP contribution in [0.1, 0.15) is 338 Å². The minimum atomic E-state index is -0.861. The highest BCUT2D eigenvalue weighted by molar-refractivity contribution is 5.79. The highest BCUT2D eigenvalue weighted by atomic mass is 16.6. The normalized spacial score (nSPS) is 12.5. The van der Waals surface area contributed by atoms with Gasteiger partial charge in [0.25, 0.3) is 0 Å². The van der Waals surface area contributed by atoms with E-state index in [0.29, 0.717) is 33.0 Å². The molecule has 3 amide bonds. The van der Waals surface area contributed by atoms with Crippen LogP contribution in [0.2, 0.25) is 0 Å². The van der Waals surface area contributed by atoms with E-state index in [9.17, 15) is 24.0 Å². The van der Waals surface area contributed by atoms with Gasteiger partial charge in [-0.15, -0.1) is 0 Å². The maximum absolute atomic E-state index is 13.6. The Labute approximate surface area is 623 Å². The van der Waals surface area contributed by atoms with Crippen molar-refractivity contribution in [3.05, 3.63) is 24.3 Å². The molecule has 0 saturated heterocycles. The van der Waals surface area contributed by atoms with Gasteiger partial charge in [-0.25, -0.2) is 14.4 Å². The van der Waals surface area contributed by atoms with Crippen molar-refractivity contribution < 1.29 is 76.1 Å². The summed E-state index contributed by atoms with van der Waals surface area (Å²) in [5.74, 6) is -1.45. The molecule has 0 saturated carbocycles. The van der Waals surface area contributed by atoms with Gasteiger partial charge in [-0.2, -0.15) is 0 Å². The number of allylic oxidation sites excluding steroid dienone is 4. The number of esters is 2. The first-order valence-corrected chi connectivity index (χ1v) is 41.4. The molecule has 0 aliphatic carbocycles. The van der Waals surface area contributed by atoms with Crippen LogP contribution in [-0.4, -0.2) is 183 Å². The number of methoxy groups -OCH3 is 1. The Morgan fingerprint density at radius 3 is 1.11 bits per heavy atom. The molecule has 19 heteroatoms. The number of amides is 3. The summed E-state index contributed by atoms with van der Waals surface area (Å²) in [5.41, 5.74) is -1.64. The van der Waals surface area contributed by atoms with E-state index in [0.717, 1.165) is 49.8 Å². The van der Waals surface area contributed by atoms with E-state index in [1.807, 2.05) is 0 Å². The average molecular weight is 1450 g/mol. The van der Waals surface area contributed by atoms with E-state index in [2.05, 4.69) is 50.4 Å². The van der Waals surface area contributed by atoms with Crippen LogP contribution in [0.4, 0.5) is 14.4 Å². The van der Waals surface area contributed by atoms with Gasteiger partial charge in [-0.05, 0) is 119 Å². The first-order valence-electron chi connectivity index (χ1n) is 41.4. The fourth-order valence-electron chi connectivity index (χ4n) is 11.5. The molecule has 0 aromatic heterocycles. The average Bonchev–Trinajstić information content (AvgIpc) is 0.923. The molecular weight excluding hydrogens is 1290 g/mol. The van der Waals surface area contributed by atoms with E-state index in [1.165, 1.54) is 243 Å². The number of unbranched alkanes of at least 4 members (excludes halogenated alkanes) is 37. The van der Waals surface area contributed by atoms with E-state index < -0.39 is 60.6 Å². The molecule has 0 spiro atoms. The van der Waals surface area contributed by atoms with Gasteiger partial charge in [0.2, 0.25) is 0 Å². The third-order valence-electron chi connectivity index (χ3n) is 17.5. The van der Waals surface area contributed by atoms with Gasteiger partial charge in [0.05, 0.1) is 59.4 Å². The maximum atomic E-state index is 13.6. The molecule has 0 aliphatic rings. The van der Waals surface area contributed by atoms with E-state index in [-0.39, 0.29) is 72.0 Å². The predicted molar refractivity (Wildman–Crippen MR) is 415 cm³/mol. The molecule has 0 fully saturated rings. The predicted octanol–water partition coefficient (Wildman–Crippen LogP) is 20.7. The number of nitrogens with one attached hydrogen (secondary N) is 1. The fourth-order valence-corrected chi connectivity index (χ4v) is 11.5. The number of ether oxygens (including phenoxy) is 11. The summed E-state index contributed by atoms with van der Waals surface area (Å²) < 4.78 is 63.0. The molecule has 102 heavy (non-hydrogen) atoms. The quantitative estimate of drug-likeness (QED) is 0.0260. The van der Waals surface area contributed by atoms with Gasteiger partial charge < -0.3 is 57.4 Å². The van der Waals surface area contributed by atoms with Crippen LogP contribution >= 0.6 is 0 Å². The second-order valence-corrected chi connectivity index (χ2v) is 29.7. The van der Waals surface area contributed by atoms with Crippen molar-refractivity contribution in [2.45, 2.75) is 362 Å². The number of carbonyl (C=O) groups is 5. The monoisotopic (exact) mass is 1450 g/mol. The van der Waals surface area contributed by atoms with Gasteiger partial charge in [0.1, 0.15) is 49.7 Å². The van der Waals surface area contributed by atoms with Crippen LogP contribution in [0.15, 0.2) is 24.3 Å².